The van der Waals surface area contributed by atoms with Gasteiger partial charge in [0.15, 0.2) is 5.11 Å². The van der Waals surface area contributed by atoms with Crippen molar-refractivity contribution in [2.45, 2.75) is 13.0 Å². The Morgan fingerprint density at radius 1 is 1.16 bits per heavy atom. The lowest BCUT2D eigenvalue weighted by atomic mass is 9.94. The quantitative estimate of drug-likeness (QED) is 0.415. The Bertz CT molecular complexity index is 1190. The smallest absolute Gasteiger partial charge is 0.258 e. The fourth-order valence-corrected chi connectivity index (χ4v) is 4.02. The van der Waals surface area contributed by atoms with E-state index in [4.69, 9.17) is 31.2 Å². The molecule has 1 unspecified atom stereocenters. The average molecular weight is 449 g/mol. The number of aromatic nitrogens is 2. The summed E-state index contributed by atoms with van der Waals surface area (Å²) in [4.78, 5) is 6.67. The molecule has 32 heavy (non-hydrogen) atoms. The highest BCUT2D eigenvalue weighted by Gasteiger charge is 2.33. The predicted molar refractivity (Wildman–Crippen MR) is 127 cm³/mol. The first-order chi connectivity index (χ1) is 15.5. The molecule has 1 N–H and O–H groups in total. The minimum atomic E-state index is -0.280. The van der Waals surface area contributed by atoms with Crippen molar-refractivity contribution in [1.29, 1.82) is 0 Å². The molecule has 164 valence electrons. The van der Waals surface area contributed by atoms with Crippen LogP contribution in [0.3, 0.4) is 0 Å². The first-order valence-corrected chi connectivity index (χ1v) is 10.5. The van der Waals surface area contributed by atoms with Crippen LogP contribution in [0.1, 0.15) is 24.4 Å². The molecule has 0 saturated heterocycles. The second-order valence-corrected chi connectivity index (χ2v) is 7.60. The molecule has 2 aromatic carbocycles. The Labute approximate surface area is 192 Å². The largest absolute Gasteiger partial charge is 0.497 e. The van der Waals surface area contributed by atoms with E-state index < -0.39 is 0 Å². The minimum absolute atomic E-state index is 0.280. The summed E-state index contributed by atoms with van der Waals surface area (Å²) in [5, 5.41) is 8.24. The Balaban J connectivity index is 1.82. The van der Waals surface area contributed by atoms with Gasteiger partial charge in [-0.3, -0.25) is 0 Å². The van der Waals surface area contributed by atoms with Crippen LogP contribution in [0, 0.1) is 0 Å². The highest BCUT2D eigenvalue weighted by molar-refractivity contribution is 7.80. The second kappa shape index (κ2) is 9.23. The van der Waals surface area contributed by atoms with Crippen LogP contribution in [0.5, 0.6) is 11.5 Å². The molecule has 0 bridgehead atoms. The average Bonchev–Trinajstić information content (AvgIpc) is 3.31. The van der Waals surface area contributed by atoms with E-state index in [9.17, 15) is 0 Å². The first kappa shape index (κ1) is 21.6. The van der Waals surface area contributed by atoms with E-state index >= 15 is 0 Å². The van der Waals surface area contributed by atoms with Gasteiger partial charge in [0.05, 0.1) is 25.8 Å². The van der Waals surface area contributed by atoms with Gasteiger partial charge in [0.2, 0.25) is 5.82 Å². The van der Waals surface area contributed by atoms with Crippen molar-refractivity contribution in [2.75, 3.05) is 20.8 Å². The summed E-state index contributed by atoms with van der Waals surface area (Å²) in [7, 11) is 3.27. The van der Waals surface area contributed by atoms with Gasteiger partial charge in [0, 0.05) is 17.8 Å². The van der Waals surface area contributed by atoms with Crippen LogP contribution in [0.25, 0.3) is 17.0 Å². The molecule has 0 aliphatic carbocycles. The van der Waals surface area contributed by atoms with E-state index in [1.54, 1.807) is 20.3 Å². The van der Waals surface area contributed by atoms with Crippen LogP contribution < -0.4 is 14.8 Å². The molecule has 1 aliphatic heterocycles. The lowest BCUT2D eigenvalue weighted by molar-refractivity contribution is 0.398. The van der Waals surface area contributed by atoms with Crippen LogP contribution in [-0.4, -0.2) is 40.9 Å². The molecule has 0 spiro atoms. The number of rotatable bonds is 7. The molecular formula is C24H24N4O3S. The van der Waals surface area contributed by atoms with Gasteiger partial charge >= 0.3 is 0 Å². The molecule has 1 aromatic heterocycles. The SMILES string of the molecule is C=CCN1C(=S)NC(c2cccc(OC)c2)C(c2nc(-c3cccc(OC)c3)no2)=C1C. The van der Waals surface area contributed by atoms with Crippen LogP contribution in [-0.2, 0) is 0 Å². The van der Waals surface area contributed by atoms with Gasteiger partial charge in [-0.25, -0.2) is 0 Å². The van der Waals surface area contributed by atoms with E-state index in [2.05, 4.69) is 17.1 Å². The molecule has 0 saturated carbocycles. The number of allylic oxidation sites excluding steroid dienone is 1. The summed E-state index contributed by atoms with van der Waals surface area (Å²) in [6, 6.07) is 15.1. The third kappa shape index (κ3) is 4.09. The zero-order valence-electron chi connectivity index (χ0n) is 18.2. The van der Waals surface area contributed by atoms with Crippen LogP contribution >= 0.6 is 12.2 Å². The number of hydrogen-bond acceptors (Lipinski definition) is 6. The number of benzene rings is 2. The second-order valence-electron chi connectivity index (χ2n) is 7.21. The van der Waals surface area contributed by atoms with Crippen molar-refractivity contribution in [1.82, 2.24) is 20.4 Å². The maximum atomic E-state index is 5.75. The standard InChI is InChI=1S/C24H24N4O3S/c1-5-12-28-15(2)20(21(25-24(28)32)16-8-6-10-18(13-16)29-3)23-26-22(27-31-23)17-9-7-11-19(14-17)30-4/h5-11,13-14,21H,1,12H2,2-4H3,(H,25,32). The number of hydrogen-bond donors (Lipinski definition) is 1. The zero-order chi connectivity index (χ0) is 22.7. The van der Waals surface area contributed by atoms with Crippen molar-refractivity contribution in [2.24, 2.45) is 0 Å². The third-order valence-electron chi connectivity index (χ3n) is 5.32. The lowest BCUT2D eigenvalue weighted by Gasteiger charge is -2.36. The van der Waals surface area contributed by atoms with Gasteiger partial charge in [-0.2, -0.15) is 4.98 Å². The highest BCUT2D eigenvalue weighted by atomic mass is 32.1. The summed E-state index contributed by atoms with van der Waals surface area (Å²) in [6.07, 6.45) is 1.80. The molecule has 1 aliphatic rings. The van der Waals surface area contributed by atoms with Gasteiger partial charge in [0.1, 0.15) is 11.5 Å². The Hall–Kier alpha value is -3.65. The summed E-state index contributed by atoms with van der Waals surface area (Å²) in [5.74, 6) is 2.37. The van der Waals surface area contributed by atoms with Crippen molar-refractivity contribution in [3.05, 3.63) is 78.3 Å². The highest BCUT2D eigenvalue weighted by Crippen LogP contribution is 2.38. The van der Waals surface area contributed by atoms with Crippen molar-refractivity contribution < 1.29 is 14.0 Å². The third-order valence-corrected chi connectivity index (χ3v) is 5.66. The number of methoxy groups -OCH3 is 2. The van der Waals surface area contributed by atoms with E-state index in [1.165, 1.54) is 0 Å². The molecule has 3 aromatic rings. The Morgan fingerprint density at radius 3 is 2.59 bits per heavy atom. The van der Waals surface area contributed by atoms with Crippen LogP contribution in [0.15, 0.2) is 71.4 Å². The van der Waals surface area contributed by atoms with E-state index in [0.717, 1.165) is 33.9 Å². The fourth-order valence-electron chi connectivity index (χ4n) is 3.69. The van der Waals surface area contributed by atoms with Gasteiger partial charge in [-0.15, -0.1) is 6.58 Å². The monoisotopic (exact) mass is 448 g/mol. The number of ether oxygens (including phenoxy) is 2. The number of thiocarbonyl (C=S) groups is 1. The maximum absolute atomic E-state index is 5.75. The van der Waals surface area contributed by atoms with Crippen LogP contribution in [0.4, 0.5) is 0 Å². The summed E-state index contributed by atoms with van der Waals surface area (Å²) in [6.45, 7) is 6.40. The summed E-state index contributed by atoms with van der Waals surface area (Å²) < 4.78 is 16.5. The Kier molecular flexibility index (Phi) is 6.23. The normalized spacial score (nSPS) is 16.0. The first-order valence-electron chi connectivity index (χ1n) is 10.1. The molecule has 7 nitrogen and oxygen atoms in total. The summed E-state index contributed by atoms with van der Waals surface area (Å²) in [5.41, 5.74) is 3.54. The summed E-state index contributed by atoms with van der Waals surface area (Å²) >= 11 is 5.64. The topological polar surface area (TPSA) is 72.7 Å². The van der Waals surface area contributed by atoms with Crippen molar-refractivity contribution in [3.63, 3.8) is 0 Å². The molecule has 8 heteroatoms. The predicted octanol–water partition coefficient (Wildman–Crippen LogP) is 4.60. The minimum Gasteiger partial charge on any atom is -0.497 e. The lowest BCUT2D eigenvalue weighted by Crippen LogP contribution is -2.45. The molecule has 1 atom stereocenters. The molecule has 0 fully saturated rings. The fraction of sp³-hybridized carbons (Fsp3) is 0.208. The van der Waals surface area contributed by atoms with E-state index in [-0.39, 0.29) is 6.04 Å². The Morgan fingerprint density at radius 2 is 1.88 bits per heavy atom. The van der Waals surface area contributed by atoms with Gasteiger partial charge in [-0.1, -0.05) is 35.5 Å². The van der Waals surface area contributed by atoms with Gasteiger partial charge in [-0.05, 0) is 49.0 Å². The van der Waals surface area contributed by atoms with E-state index in [0.29, 0.717) is 23.4 Å². The molecule has 0 amide bonds. The molecule has 4 rings (SSSR count). The number of nitrogens with zero attached hydrogens (tertiary/aromatic N) is 3. The maximum Gasteiger partial charge on any atom is 0.258 e. The zero-order valence-corrected chi connectivity index (χ0v) is 19.0. The number of nitrogens with one attached hydrogen (secondary N) is 1. The van der Waals surface area contributed by atoms with Crippen molar-refractivity contribution >= 4 is 22.9 Å². The van der Waals surface area contributed by atoms with Gasteiger partial charge < -0.3 is 24.2 Å². The van der Waals surface area contributed by atoms with Crippen LogP contribution in [0.2, 0.25) is 0 Å². The van der Waals surface area contributed by atoms with Crippen molar-refractivity contribution in [3.8, 4) is 22.9 Å². The van der Waals surface area contributed by atoms with Gasteiger partial charge in [0.25, 0.3) is 5.89 Å². The molecule has 2 heterocycles. The van der Waals surface area contributed by atoms with E-state index in [1.807, 2.05) is 60.4 Å². The molecule has 0 radical (unpaired) electrons. The molecular weight excluding hydrogens is 424 g/mol.